The molecule has 0 saturated carbocycles. The molecule has 0 radical (unpaired) electrons. The summed E-state index contributed by atoms with van der Waals surface area (Å²) in [5.41, 5.74) is -1.78. The topological polar surface area (TPSA) is 54.9 Å². The quantitative estimate of drug-likeness (QED) is 0.891. The Balaban J connectivity index is 2.76. The molecule has 2 aromatic rings. The number of hydrogen-bond donors (Lipinski definition) is 1. The first kappa shape index (κ1) is 12.0. The van der Waals surface area contributed by atoms with Crippen molar-refractivity contribution in [3.8, 4) is 0 Å². The molecule has 0 atom stereocenters. The van der Waals surface area contributed by atoms with Gasteiger partial charge in [-0.2, -0.15) is 0 Å². The van der Waals surface area contributed by atoms with Crippen LogP contribution in [0.25, 0.3) is 10.2 Å². The molecule has 0 aliphatic carbocycles. The Bertz CT molecular complexity index is 675. The number of fused-ring (bicyclic) bond motifs is 1. The van der Waals surface area contributed by atoms with Gasteiger partial charge in [0.2, 0.25) is 0 Å². The van der Waals surface area contributed by atoms with E-state index in [0.717, 1.165) is 10.1 Å². The highest BCUT2D eigenvalue weighted by atomic mass is 32.1. The standard InChI is InChI=1S/C11H13FN2O2S/c1-6-4-17-8-7(6)9(15)14(10(16)13-8)5-11(2,3)12/h4H,5H2,1-3H3,(H,13,16). The lowest BCUT2D eigenvalue weighted by atomic mass is 10.2. The zero-order valence-corrected chi connectivity index (χ0v) is 10.7. The number of aromatic nitrogens is 2. The third-order valence-corrected chi connectivity index (χ3v) is 3.45. The van der Waals surface area contributed by atoms with Gasteiger partial charge >= 0.3 is 5.69 Å². The third-order valence-electron chi connectivity index (χ3n) is 2.43. The average Bonchev–Trinajstić information content (AvgIpc) is 2.53. The number of hydrogen-bond acceptors (Lipinski definition) is 3. The molecule has 0 aliphatic rings. The Kier molecular flexibility index (Phi) is 2.69. The van der Waals surface area contributed by atoms with Gasteiger partial charge in [-0.25, -0.2) is 9.18 Å². The number of aromatic amines is 1. The molecule has 6 heteroatoms. The fourth-order valence-electron chi connectivity index (χ4n) is 1.71. The van der Waals surface area contributed by atoms with Crippen molar-refractivity contribution >= 4 is 21.6 Å². The van der Waals surface area contributed by atoms with Gasteiger partial charge in [0.05, 0.1) is 11.9 Å². The largest absolute Gasteiger partial charge is 0.329 e. The van der Waals surface area contributed by atoms with Gasteiger partial charge in [-0.3, -0.25) is 14.3 Å². The van der Waals surface area contributed by atoms with Crippen LogP contribution in [0.4, 0.5) is 4.39 Å². The number of nitrogens with zero attached hydrogens (tertiary/aromatic N) is 1. The number of halogens is 1. The van der Waals surface area contributed by atoms with Crippen molar-refractivity contribution in [3.05, 3.63) is 31.8 Å². The summed E-state index contributed by atoms with van der Waals surface area (Å²) in [6, 6.07) is 0. The van der Waals surface area contributed by atoms with Crippen LogP contribution >= 0.6 is 11.3 Å². The lowest BCUT2D eigenvalue weighted by molar-refractivity contribution is 0.182. The van der Waals surface area contributed by atoms with E-state index in [4.69, 9.17) is 0 Å². The first-order valence-electron chi connectivity index (χ1n) is 5.19. The fraction of sp³-hybridized carbons (Fsp3) is 0.455. The van der Waals surface area contributed by atoms with E-state index in [1.54, 1.807) is 12.3 Å². The van der Waals surface area contributed by atoms with Gasteiger partial charge < -0.3 is 0 Å². The van der Waals surface area contributed by atoms with Gasteiger partial charge in [-0.05, 0) is 31.7 Å². The van der Waals surface area contributed by atoms with Crippen LogP contribution in [-0.2, 0) is 6.54 Å². The van der Waals surface area contributed by atoms with Gasteiger partial charge in [0, 0.05) is 0 Å². The van der Waals surface area contributed by atoms with Gasteiger partial charge in [-0.15, -0.1) is 11.3 Å². The number of H-pyrrole nitrogens is 1. The Morgan fingerprint density at radius 3 is 2.71 bits per heavy atom. The summed E-state index contributed by atoms with van der Waals surface area (Å²) in [6.07, 6.45) is 0. The summed E-state index contributed by atoms with van der Waals surface area (Å²) < 4.78 is 14.5. The molecule has 2 aromatic heterocycles. The van der Waals surface area contributed by atoms with Crippen LogP contribution in [0.15, 0.2) is 15.0 Å². The van der Waals surface area contributed by atoms with Crippen molar-refractivity contribution in [3.63, 3.8) is 0 Å². The maximum absolute atomic E-state index is 13.6. The van der Waals surface area contributed by atoms with Crippen LogP contribution in [0.3, 0.4) is 0 Å². The minimum Gasteiger partial charge on any atom is -0.298 e. The van der Waals surface area contributed by atoms with E-state index in [-0.39, 0.29) is 6.54 Å². The highest BCUT2D eigenvalue weighted by Gasteiger charge is 2.20. The minimum atomic E-state index is -1.60. The maximum atomic E-state index is 13.6. The van der Waals surface area contributed by atoms with Crippen molar-refractivity contribution < 1.29 is 4.39 Å². The molecule has 1 N–H and O–H groups in total. The molecule has 4 nitrogen and oxygen atoms in total. The number of alkyl halides is 1. The highest BCUT2D eigenvalue weighted by Crippen LogP contribution is 2.19. The van der Waals surface area contributed by atoms with E-state index in [1.807, 2.05) is 0 Å². The van der Waals surface area contributed by atoms with Crippen molar-refractivity contribution in [1.82, 2.24) is 9.55 Å². The first-order valence-corrected chi connectivity index (χ1v) is 6.07. The van der Waals surface area contributed by atoms with E-state index in [1.165, 1.54) is 25.2 Å². The first-order chi connectivity index (χ1) is 7.79. The normalized spacial score (nSPS) is 12.2. The van der Waals surface area contributed by atoms with Crippen molar-refractivity contribution in [2.24, 2.45) is 0 Å². The van der Waals surface area contributed by atoms with Crippen LogP contribution in [0.2, 0.25) is 0 Å². The zero-order chi connectivity index (χ0) is 12.8. The summed E-state index contributed by atoms with van der Waals surface area (Å²) in [7, 11) is 0. The summed E-state index contributed by atoms with van der Waals surface area (Å²) in [5, 5.41) is 2.27. The van der Waals surface area contributed by atoms with Crippen LogP contribution in [0.1, 0.15) is 19.4 Å². The molecule has 0 amide bonds. The summed E-state index contributed by atoms with van der Waals surface area (Å²) in [4.78, 5) is 26.9. The summed E-state index contributed by atoms with van der Waals surface area (Å²) in [6.45, 7) is 4.23. The van der Waals surface area contributed by atoms with Crippen LogP contribution < -0.4 is 11.2 Å². The Hall–Kier alpha value is -1.43. The van der Waals surface area contributed by atoms with E-state index in [2.05, 4.69) is 4.98 Å². The van der Waals surface area contributed by atoms with Gasteiger partial charge in [0.15, 0.2) is 0 Å². The van der Waals surface area contributed by atoms with Crippen LogP contribution in [0.5, 0.6) is 0 Å². The molecule has 2 heterocycles. The Labute approximate surface area is 101 Å². The molecular formula is C11H13FN2O2S. The highest BCUT2D eigenvalue weighted by molar-refractivity contribution is 7.16. The molecule has 0 aliphatic heterocycles. The molecule has 0 aromatic carbocycles. The van der Waals surface area contributed by atoms with Gasteiger partial charge in [0.1, 0.15) is 10.5 Å². The summed E-state index contributed by atoms with van der Waals surface area (Å²) in [5.74, 6) is 0. The molecule has 92 valence electrons. The van der Waals surface area contributed by atoms with Gasteiger partial charge in [-0.1, -0.05) is 0 Å². The second-order valence-electron chi connectivity index (χ2n) is 4.66. The molecule has 17 heavy (non-hydrogen) atoms. The fourth-order valence-corrected chi connectivity index (χ4v) is 2.64. The second kappa shape index (κ2) is 3.80. The van der Waals surface area contributed by atoms with E-state index < -0.39 is 16.9 Å². The predicted molar refractivity (Wildman–Crippen MR) is 66.6 cm³/mol. The molecule has 0 saturated heterocycles. The monoisotopic (exact) mass is 256 g/mol. The van der Waals surface area contributed by atoms with Crippen molar-refractivity contribution in [1.29, 1.82) is 0 Å². The van der Waals surface area contributed by atoms with Gasteiger partial charge in [0.25, 0.3) is 5.56 Å². The molecule has 0 spiro atoms. The summed E-state index contributed by atoms with van der Waals surface area (Å²) >= 11 is 1.31. The molecule has 0 bridgehead atoms. The number of nitrogens with one attached hydrogen (secondary N) is 1. The number of thiophene rings is 1. The van der Waals surface area contributed by atoms with Crippen LogP contribution in [0, 0.1) is 6.92 Å². The van der Waals surface area contributed by atoms with E-state index in [0.29, 0.717) is 10.2 Å². The third kappa shape index (κ3) is 2.17. The minimum absolute atomic E-state index is 0.244. The van der Waals surface area contributed by atoms with Crippen molar-refractivity contribution in [2.75, 3.05) is 0 Å². The molecule has 2 rings (SSSR count). The molecule has 0 fully saturated rings. The Morgan fingerprint density at radius 2 is 2.12 bits per heavy atom. The molecular weight excluding hydrogens is 243 g/mol. The Morgan fingerprint density at radius 1 is 1.47 bits per heavy atom. The second-order valence-corrected chi connectivity index (χ2v) is 5.54. The lowest BCUT2D eigenvalue weighted by Gasteiger charge is -2.14. The zero-order valence-electron chi connectivity index (χ0n) is 9.83. The lowest BCUT2D eigenvalue weighted by Crippen LogP contribution is -2.40. The SMILES string of the molecule is Cc1csc2[nH]c(=O)n(CC(C)(C)F)c(=O)c12. The average molecular weight is 256 g/mol. The van der Waals surface area contributed by atoms with E-state index >= 15 is 0 Å². The van der Waals surface area contributed by atoms with E-state index in [9.17, 15) is 14.0 Å². The van der Waals surface area contributed by atoms with Crippen molar-refractivity contribution in [2.45, 2.75) is 33.0 Å². The predicted octanol–water partition coefficient (Wildman–Crippen LogP) is 1.81. The number of aryl methyl sites for hydroxylation is 1. The number of rotatable bonds is 2. The van der Waals surface area contributed by atoms with Crippen LogP contribution in [-0.4, -0.2) is 15.2 Å². The molecule has 0 unspecified atom stereocenters. The maximum Gasteiger partial charge on any atom is 0.329 e. The smallest absolute Gasteiger partial charge is 0.298 e.